The zero-order valence-corrected chi connectivity index (χ0v) is 12.4. The molecule has 0 unspecified atom stereocenters. The van der Waals surface area contributed by atoms with Gasteiger partial charge in [0.25, 0.3) is 0 Å². The molecule has 0 saturated heterocycles. The largest absolute Gasteiger partial charge is 0.383 e. The Kier molecular flexibility index (Phi) is 3.39. The molecular weight excluding hydrogens is 287 g/mol. The lowest BCUT2D eigenvalue weighted by Gasteiger charge is -2.01. The summed E-state index contributed by atoms with van der Waals surface area (Å²) in [6.45, 7) is 3.69. The lowest BCUT2D eigenvalue weighted by Crippen LogP contribution is -1.98. The Labute approximate surface area is 125 Å². The fourth-order valence-corrected chi connectivity index (χ4v) is 3.01. The number of aryl methyl sites for hydroxylation is 2. The molecule has 21 heavy (non-hydrogen) atoms. The standard InChI is InChI=1S/C15H13FN4S/c1-8-13(10-5-3-4-6-12(10)16)20-15(21-8)11-7-18-9(2)19-14(11)17/h3-7H,1-2H3,(H2,17,18,19). The van der Waals surface area contributed by atoms with Gasteiger partial charge in [0.05, 0.1) is 11.3 Å². The van der Waals surface area contributed by atoms with Crippen molar-refractivity contribution in [2.45, 2.75) is 13.8 Å². The van der Waals surface area contributed by atoms with Crippen molar-refractivity contribution < 1.29 is 4.39 Å². The number of thiazole rings is 1. The molecule has 0 bridgehead atoms. The Hall–Kier alpha value is -2.34. The maximum absolute atomic E-state index is 13.9. The number of nitrogens with two attached hydrogens (primary N) is 1. The highest BCUT2D eigenvalue weighted by Crippen LogP contribution is 2.35. The first-order chi connectivity index (χ1) is 10.1. The van der Waals surface area contributed by atoms with Gasteiger partial charge in [0.1, 0.15) is 22.5 Å². The summed E-state index contributed by atoms with van der Waals surface area (Å²) in [4.78, 5) is 13.7. The van der Waals surface area contributed by atoms with Crippen LogP contribution in [0.4, 0.5) is 10.2 Å². The second-order valence-electron chi connectivity index (χ2n) is 4.62. The molecule has 0 aliphatic carbocycles. The van der Waals surface area contributed by atoms with E-state index in [-0.39, 0.29) is 5.82 Å². The van der Waals surface area contributed by atoms with Gasteiger partial charge < -0.3 is 5.73 Å². The summed E-state index contributed by atoms with van der Waals surface area (Å²) in [5.74, 6) is 0.709. The van der Waals surface area contributed by atoms with Gasteiger partial charge >= 0.3 is 0 Å². The second-order valence-corrected chi connectivity index (χ2v) is 5.82. The van der Waals surface area contributed by atoms with E-state index in [1.807, 2.05) is 6.92 Å². The van der Waals surface area contributed by atoms with E-state index < -0.39 is 0 Å². The molecule has 0 atom stereocenters. The van der Waals surface area contributed by atoms with Crippen molar-refractivity contribution in [3.63, 3.8) is 0 Å². The zero-order valence-electron chi connectivity index (χ0n) is 11.6. The van der Waals surface area contributed by atoms with Gasteiger partial charge in [0.2, 0.25) is 0 Å². The highest BCUT2D eigenvalue weighted by Gasteiger charge is 2.16. The number of nitrogens with zero attached hydrogens (tertiary/aromatic N) is 3. The smallest absolute Gasteiger partial charge is 0.137 e. The van der Waals surface area contributed by atoms with Crippen LogP contribution in [0, 0.1) is 19.7 Å². The van der Waals surface area contributed by atoms with Crippen LogP contribution in [0.1, 0.15) is 10.7 Å². The Morgan fingerprint density at radius 2 is 1.86 bits per heavy atom. The van der Waals surface area contributed by atoms with Crippen molar-refractivity contribution in [2.75, 3.05) is 5.73 Å². The van der Waals surface area contributed by atoms with Gasteiger partial charge in [-0.1, -0.05) is 12.1 Å². The van der Waals surface area contributed by atoms with Crippen molar-refractivity contribution in [1.82, 2.24) is 15.0 Å². The molecule has 4 nitrogen and oxygen atoms in total. The predicted octanol–water partition coefficient (Wildman–Crippen LogP) is 3.61. The molecule has 0 aliphatic heterocycles. The van der Waals surface area contributed by atoms with E-state index in [2.05, 4.69) is 15.0 Å². The minimum atomic E-state index is -0.287. The molecule has 0 radical (unpaired) electrons. The molecule has 0 aliphatic rings. The van der Waals surface area contributed by atoms with E-state index in [9.17, 15) is 4.39 Å². The molecule has 2 N–H and O–H groups in total. The van der Waals surface area contributed by atoms with Crippen molar-refractivity contribution in [3.05, 3.63) is 47.0 Å². The van der Waals surface area contributed by atoms with Crippen molar-refractivity contribution in [1.29, 1.82) is 0 Å². The summed E-state index contributed by atoms with van der Waals surface area (Å²) >= 11 is 1.45. The molecule has 0 saturated carbocycles. The van der Waals surface area contributed by atoms with Crippen LogP contribution in [0.3, 0.4) is 0 Å². The second kappa shape index (κ2) is 5.21. The van der Waals surface area contributed by atoms with Gasteiger partial charge in [-0.15, -0.1) is 11.3 Å². The molecule has 3 aromatic rings. The number of anilines is 1. The van der Waals surface area contributed by atoms with Crippen molar-refractivity contribution >= 4 is 17.2 Å². The Morgan fingerprint density at radius 1 is 1.10 bits per heavy atom. The molecule has 0 fully saturated rings. The third-order valence-electron chi connectivity index (χ3n) is 3.09. The molecule has 106 valence electrons. The SMILES string of the molecule is Cc1ncc(-c2nc(-c3ccccc3F)c(C)s2)c(N)n1. The van der Waals surface area contributed by atoms with Crippen LogP contribution in [0.2, 0.25) is 0 Å². The Morgan fingerprint density at radius 3 is 2.57 bits per heavy atom. The first-order valence-corrected chi connectivity index (χ1v) is 7.19. The lowest BCUT2D eigenvalue weighted by atomic mass is 10.1. The molecule has 0 amide bonds. The quantitative estimate of drug-likeness (QED) is 0.785. The van der Waals surface area contributed by atoms with Crippen molar-refractivity contribution in [3.8, 4) is 21.8 Å². The number of benzene rings is 1. The summed E-state index contributed by atoms with van der Waals surface area (Å²) < 4.78 is 13.9. The van der Waals surface area contributed by atoms with E-state index in [1.54, 1.807) is 31.3 Å². The number of halogens is 1. The van der Waals surface area contributed by atoms with Crippen LogP contribution in [0.25, 0.3) is 21.8 Å². The average Bonchev–Trinajstić information content (AvgIpc) is 2.81. The molecule has 0 spiro atoms. The number of hydrogen-bond donors (Lipinski definition) is 1. The summed E-state index contributed by atoms with van der Waals surface area (Å²) in [7, 11) is 0. The van der Waals surface area contributed by atoms with Crippen LogP contribution >= 0.6 is 11.3 Å². The van der Waals surface area contributed by atoms with Crippen LogP contribution in [0.5, 0.6) is 0 Å². The molecule has 6 heteroatoms. The van der Waals surface area contributed by atoms with Crippen LogP contribution in [-0.4, -0.2) is 15.0 Å². The van der Waals surface area contributed by atoms with Gasteiger partial charge in [0.15, 0.2) is 0 Å². The van der Waals surface area contributed by atoms with Crippen LogP contribution < -0.4 is 5.73 Å². The highest BCUT2D eigenvalue weighted by atomic mass is 32.1. The van der Waals surface area contributed by atoms with E-state index in [0.717, 1.165) is 4.88 Å². The summed E-state index contributed by atoms with van der Waals surface area (Å²) in [5.41, 5.74) is 7.72. The Balaban J connectivity index is 2.12. The number of nitrogen functional groups attached to an aromatic ring is 1. The predicted molar refractivity (Wildman–Crippen MR) is 82.4 cm³/mol. The minimum absolute atomic E-state index is 0.287. The normalized spacial score (nSPS) is 10.8. The molecule has 2 aromatic heterocycles. The summed E-state index contributed by atoms with van der Waals surface area (Å²) in [6, 6.07) is 6.60. The van der Waals surface area contributed by atoms with Crippen LogP contribution in [0.15, 0.2) is 30.5 Å². The van der Waals surface area contributed by atoms with E-state index in [4.69, 9.17) is 5.73 Å². The van der Waals surface area contributed by atoms with E-state index >= 15 is 0 Å². The van der Waals surface area contributed by atoms with E-state index in [1.165, 1.54) is 17.4 Å². The fraction of sp³-hybridized carbons (Fsp3) is 0.133. The molecular formula is C15H13FN4S. The third-order valence-corrected chi connectivity index (χ3v) is 4.10. The number of rotatable bonds is 2. The van der Waals surface area contributed by atoms with Gasteiger partial charge in [-0.05, 0) is 26.0 Å². The molecule has 2 heterocycles. The lowest BCUT2D eigenvalue weighted by molar-refractivity contribution is 0.631. The summed E-state index contributed by atoms with van der Waals surface area (Å²) in [6.07, 6.45) is 1.65. The summed E-state index contributed by atoms with van der Waals surface area (Å²) in [5, 5.41) is 0.697. The first kappa shape index (κ1) is 13.6. The van der Waals surface area contributed by atoms with Crippen LogP contribution in [-0.2, 0) is 0 Å². The third kappa shape index (κ3) is 2.50. The fourth-order valence-electron chi connectivity index (χ4n) is 2.07. The zero-order chi connectivity index (χ0) is 15.0. The number of aromatic nitrogens is 3. The van der Waals surface area contributed by atoms with Gasteiger partial charge in [0, 0.05) is 16.6 Å². The topological polar surface area (TPSA) is 64.7 Å². The van der Waals surface area contributed by atoms with Crippen molar-refractivity contribution in [2.24, 2.45) is 0 Å². The maximum atomic E-state index is 13.9. The molecule has 1 aromatic carbocycles. The monoisotopic (exact) mass is 300 g/mol. The van der Waals surface area contributed by atoms with Gasteiger partial charge in [-0.2, -0.15) is 0 Å². The van der Waals surface area contributed by atoms with Gasteiger partial charge in [-0.25, -0.2) is 19.3 Å². The maximum Gasteiger partial charge on any atom is 0.137 e. The molecule has 3 rings (SSSR count). The number of hydrogen-bond acceptors (Lipinski definition) is 5. The minimum Gasteiger partial charge on any atom is -0.383 e. The average molecular weight is 300 g/mol. The highest BCUT2D eigenvalue weighted by molar-refractivity contribution is 7.15. The Bertz CT molecular complexity index is 813. The van der Waals surface area contributed by atoms with E-state index in [0.29, 0.717) is 33.5 Å². The van der Waals surface area contributed by atoms with Gasteiger partial charge in [-0.3, -0.25) is 0 Å². The first-order valence-electron chi connectivity index (χ1n) is 6.38.